The lowest BCUT2D eigenvalue weighted by atomic mass is 9.89. The Balaban J connectivity index is 1.38. The Morgan fingerprint density at radius 1 is 1.03 bits per heavy atom. The molecule has 2 aromatic carbocycles. The molecule has 1 aliphatic heterocycles. The summed E-state index contributed by atoms with van der Waals surface area (Å²) in [5, 5.41) is 7.47. The number of aromatic amines is 1. The molecule has 1 aliphatic carbocycles. The van der Waals surface area contributed by atoms with E-state index in [1.54, 1.807) is 0 Å². The van der Waals surface area contributed by atoms with Crippen LogP contribution in [0.15, 0.2) is 60.8 Å². The van der Waals surface area contributed by atoms with E-state index >= 15 is 0 Å². The number of carbonyl (C=O) groups is 2. The summed E-state index contributed by atoms with van der Waals surface area (Å²) >= 11 is 0. The first-order chi connectivity index (χ1) is 14.2. The van der Waals surface area contributed by atoms with Crippen LogP contribution in [0.5, 0.6) is 0 Å². The number of benzene rings is 2. The summed E-state index contributed by atoms with van der Waals surface area (Å²) in [6.45, 7) is 1.41. The highest BCUT2D eigenvalue weighted by atomic mass is 16.2. The zero-order chi connectivity index (χ0) is 19.8. The van der Waals surface area contributed by atoms with E-state index in [0.717, 1.165) is 41.8 Å². The molecule has 0 saturated carbocycles. The van der Waals surface area contributed by atoms with Crippen LogP contribution in [0.2, 0.25) is 0 Å². The number of likely N-dealkylation sites (tertiary alicyclic amines) is 1. The molecule has 3 aromatic rings. The molecule has 146 valence electrons. The van der Waals surface area contributed by atoms with Crippen LogP contribution in [0.25, 0.3) is 11.1 Å². The minimum atomic E-state index is -0.340. The van der Waals surface area contributed by atoms with E-state index in [9.17, 15) is 9.59 Å². The number of piperidine rings is 1. The fourth-order valence-corrected chi connectivity index (χ4v) is 4.77. The van der Waals surface area contributed by atoms with Gasteiger partial charge in [-0.2, -0.15) is 5.10 Å². The first kappa shape index (κ1) is 17.9. The van der Waals surface area contributed by atoms with E-state index < -0.39 is 0 Å². The molecule has 2 aliphatic rings. The average molecular weight is 385 g/mol. The molecular formula is C24H23N3O2. The number of amides is 1. The smallest absolute Gasteiger partial charge is 0.230 e. The molecule has 0 bridgehead atoms. The molecule has 5 rings (SSSR count). The van der Waals surface area contributed by atoms with Crippen molar-refractivity contribution in [2.45, 2.75) is 31.1 Å². The van der Waals surface area contributed by atoms with Crippen LogP contribution in [0, 0.1) is 0 Å². The summed E-state index contributed by atoms with van der Waals surface area (Å²) in [4.78, 5) is 27.6. The number of aromatic nitrogens is 2. The molecule has 2 atom stereocenters. The van der Waals surface area contributed by atoms with Gasteiger partial charge in [0.05, 0.1) is 12.1 Å². The standard InChI is InChI=1S/C24H23N3O2/c28-22-13-20(18-10-4-5-11-19(18)22)24(29)27-12-6-9-17(15-27)23-21(14-25-26-23)16-7-2-1-3-8-16/h1-5,7-8,10-11,14,17,20H,6,9,12-13,15H2,(H,25,26)/t17-,20+/m1/s1. The van der Waals surface area contributed by atoms with Gasteiger partial charge in [0.15, 0.2) is 5.78 Å². The third kappa shape index (κ3) is 3.16. The number of rotatable bonds is 3. The summed E-state index contributed by atoms with van der Waals surface area (Å²) in [7, 11) is 0. The molecule has 5 nitrogen and oxygen atoms in total. The number of hydrogen-bond acceptors (Lipinski definition) is 3. The molecule has 5 heteroatoms. The largest absolute Gasteiger partial charge is 0.341 e. The molecule has 1 amide bonds. The van der Waals surface area contributed by atoms with Crippen molar-refractivity contribution >= 4 is 11.7 Å². The van der Waals surface area contributed by atoms with Gasteiger partial charge in [-0.3, -0.25) is 14.7 Å². The lowest BCUT2D eigenvalue weighted by Crippen LogP contribution is -2.41. The summed E-state index contributed by atoms with van der Waals surface area (Å²) in [5.74, 6) is 0.0341. The van der Waals surface area contributed by atoms with Gasteiger partial charge in [-0.1, -0.05) is 54.6 Å². The predicted molar refractivity (Wildman–Crippen MR) is 111 cm³/mol. The van der Waals surface area contributed by atoms with Gasteiger partial charge in [0.25, 0.3) is 0 Å². The van der Waals surface area contributed by atoms with E-state index in [0.29, 0.717) is 18.5 Å². The van der Waals surface area contributed by atoms with Gasteiger partial charge in [0.2, 0.25) is 5.91 Å². The molecule has 29 heavy (non-hydrogen) atoms. The highest BCUT2D eigenvalue weighted by Gasteiger charge is 2.38. The molecule has 1 aromatic heterocycles. The monoisotopic (exact) mass is 385 g/mol. The van der Waals surface area contributed by atoms with Crippen LogP contribution >= 0.6 is 0 Å². The van der Waals surface area contributed by atoms with Gasteiger partial charge in [0.1, 0.15) is 0 Å². The molecule has 2 heterocycles. The first-order valence-electron chi connectivity index (χ1n) is 10.2. The van der Waals surface area contributed by atoms with Gasteiger partial charge in [-0.05, 0) is 24.0 Å². The van der Waals surface area contributed by atoms with Crippen LogP contribution in [0.1, 0.15) is 52.7 Å². The van der Waals surface area contributed by atoms with Crippen LogP contribution in [-0.2, 0) is 4.79 Å². The Kier molecular flexibility index (Phi) is 4.51. The van der Waals surface area contributed by atoms with E-state index in [4.69, 9.17) is 0 Å². The summed E-state index contributed by atoms with van der Waals surface area (Å²) in [5.41, 5.74) is 4.92. The Morgan fingerprint density at radius 2 is 1.83 bits per heavy atom. The molecule has 1 N–H and O–H groups in total. The number of fused-ring (bicyclic) bond motifs is 1. The fraction of sp³-hybridized carbons (Fsp3) is 0.292. The third-order valence-electron chi connectivity index (χ3n) is 6.22. The number of Topliss-reactive ketones (excluding diaryl/α,β-unsaturated/α-hetero) is 1. The maximum Gasteiger partial charge on any atom is 0.230 e. The Labute approximate surface area is 169 Å². The number of hydrogen-bond donors (Lipinski definition) is 1. The number of ketones is 1. The van der Waals surface area contributed by atoms with Crippen molar-refractivity contribution in [2.75, 3.05) is 13.1 Å². The van der Waals surface area contributed by atoms with Gasteiger partial charge in [-0.25, -0.2) is 0 Å². The topological polar surface area (TPSA) is 66.1 Å². The van der Waals surface area contributed by atoms with Crippen molar-refractivity contribution in [2.24, 2.45) is 0 Å². The van der Waals surface area contributed by atoms with Crippen LogP contribution in [-0.4, -0.2) is 39.9 Å². The van der Waals surface area contributed by atoms with E-state index in [1.165, 1.54) is 0 Å². The highest BCUT2D eigenvalue weighted by molar-refractivity contribution is 6.06. The van der Waals surface area contributed by atoms with Crippen molar-refractivity contribution in [3.8, 4) is 11.1 Å². The molecular weight excluding hydrogens is 362 g/mol. The minimum absolute atomic E-state index is 0.0763. The maximum absolute atomic E-state index is 13.3. The second kappa shape index (κ2) is 7.32. The van der Waals surface area contributed by atoms with E-state index in [2.05, 4.69) is 22.3 Å². The Hall–Kier alpha value is -3.21. The highest BCUT2D eigenvalue weighted by Crippen LogP contribution is 2.37. The molecule has 0 unspecified atom stereocenters. The Bertz CT molecular complexity index is 1060. The zero-order valence-corrected chi connectivity index (χ0v) is 16.2. The maximum atomic E-state index is 13.3. The Morgan fingerprint density at radius 3 is 2.69 bits per heavy atom. The summed E-state index contributed by atoms with van der Waals surface area (Å²) in [6, 6.07) is 17.8. The van der Waals surface area contributed by atoms with Gasteiger partial charge in [-0.15, -0.1) is 0 Å². The van der Waals surface area contributed by atoms with Crippen molar-refractivity contribution in [3.05, 3.63) is 77.6 Å². The SMILES string of the molecule is O=C1C[C@H](C(=O)N2CCC[C@@H](c3[nH]ncc3-c3ccccc3)C2)c2ccccc21. The van der Waals surface area contributed by atoms with Crippen LogP contribution in [0.3, 0.4) is 0 Å². The fourth-order valence-electron chi connectivity index (χ4n) is 4.77. The molecule has 1 saturated heterocycles. The van der Waals surface area contributed by atoms with E-state index in [-0.39, 0.29) is 23.5 Å². The predicted octanol–water partition coefficient (Wildman–Crippen LogP) is 4.15. The lowest BCUT2D eigenvalue weighted by Gasteiger charge is -2.34. The summed E-state index contributed by atoms with van der Waals surface area (Å²) < 4.78 is 0. The van der Waals surface area contributed by atoms with Crippen molar-refractivity contribution in [3.63, 3.8) is 0 Å². The second-order valence-electron chi connectivity index (χ2n) is 7.95. The number of nitrogens with one attached hydrogen (secondary N) is 1. The van der Waals surface area contributed by atoms with Crippen molar-refractivity contribution in [1.29, 1.82) is 0 Å². The molecule has 1 fully saturated rings. The zero-order valence-electron chi connectivity index (χ0n) is 16.2. The van der Waals surface area contributed by atoms with Gasteiger partial charge < -0.3 is 4.90 Å². The molecule has 0 spiro atoms. The minimum Gasteiger partial charge on any atom is -0.341 e. The third-order valence-corrected chi connectivity index (χ3v) is 6.22. The number of H-pyrrole nitrogens is 1. The summed E-state index contributed by atoms with van der Waals surface area (Å²) in [6.07, 6.45) is 4.13. The van der Waals surface area contributed by atoms with Crippen LogP contribution in [0.4, 0.5) is 0 Å². The molecule has 0 radical (unpaired) electrons. The lowest BCUT2D eigenvalue weighted by molar-refractivity contribution is -0.133. The number of nitrogens with zero attached hydrogens (tertiary/aromatic N) is 2. The average Bonchev–Trinajstić information content (AvgIpc) is 3.39. The van der Waals surface area contributed by atoms with Crippen LogP contribution < -0.4 is 0 Å². The van der Waals surface area contributed by atoms with Crippen molar-refractivity contribution < 1.29 is 9.59 Å². The quantitative estimate of drug-likeness (QED) is 0.736. The second-order valence-corrected chi connectivity index (χ2v) is 7.95. The van der Waals surface area contributed by atoms with E-state index in [1.807, 2.05) is 53.6 Å². The van der Waals surface area contributed by atoms with Crippen molar-refractivity contribution in [1.82, 2.24) is 15.1 Å². The van der Waals surface area contributed by atoms with Gasteiger partial charge in [0, 0.05) is 42.2 Å². The number of carbonyl (C=O) groups excluding carboxylic acids is 2. The van der Waals surface area contributed by atoms with Gasteiger partial charge >= 0.3 is 0 Å². The normalized spacial score (nSPS) is 21.2. The first-order valence-corrected chi connectivity index (χ1v) is 10.2.